The molecule has 2 nitrogen and oxygen atoms in total. The molecule has 0 amide bonds. The van der Waals surface area contributed by atoms with Crippen LogP contribution in [0.15, 0.2) is 21.2 Å². The van der Waals surface area contributed by atoms with E-state index in [2.05, 4.69) is 15.9 Å². The van der Waals surface area contributed by atoms with Crippen LogP contribution in [0.5, 0.6) is 0 Å². The summed E-state index contributed by atoms with van der Waals surface area (Å²) in [5.74, 6) is 1.85. The summed E-state index contributed by atoms with van der Waals surface area (Å²) in [7, 11) is 0. The molecule has 0 aromatic carbocycles. The first-order valence-electron chi connectivity index (χ1n) is 3.63. The van der Waals surface area contributed by atoms with Crippen molar-refractivity contribution in [3.8, 4) is 0 Å². The van der Waals surface area contributed by atoms with E-state index in [1.54, 1.807) is 11.8 Å². The highest BCUT2D eigenvalue weighted by Crippen LogP contribution is 2.23. The molecular formula is C8H11BrO2S. The summed E-state index contributed by atoms with van der Waals surface area (Å²) < 4.78 is 6.05. The Hall–Kier alpha value is 0.0700. The van der Waals surface area contributed by atoms with Gasteiger partial charge in [-0.2, -0.15) is 11.8 Å². The van der Waals surface area contributed by atoms with Crippen molar-refractivity contribution in [2.24, 2.45) is 0 Å². The SMILES string of the molecule is CSCC(CO)c1ccc(Br)o1. The minimum atomic E-state index is 0.117. The molecule has 1 heterocycles. The van der Waals surface area contributed by atoms with Crippen LogP contribution in [-0.2, 0) is 0 Å². The van der Waals surface area contributed by atoms with Crippen LogP contribution < -0.4 is 0 Å². The predicted octanol–water partition coefficient (Wildman–Crippen LogP) is 2.48. The highest BCUT2D eigenvalue weighted by atomic mass is 79.9. The van der Waals surface area contributed by atoms with Crippen molar-refractivity contribution in [3.63, 3.8) is 0 Å². The molecule has 0 saturated heterocycles. The van der Waals surface area contributed by atoms with Crippen molar-refractivity contribution in [1.82, 2.24) is 0 Å². The fraction of sp³-hybridized carbons (Fsp3) is 0.500. The summed E-state index contributed by atoms with van der Waals surface area (Å²) in [6.45, 7) is 0.140. The van der Waals surface area contributed by atoms with E-state index in [0.29, 0.717) is 0 Å². The third kappa shape index (κ3) is 2.54. The summed E-state index contributed by atoms with van der Waals surface area (Å²) in [6.07, 6.45) is 2.01. The van der Waals surface area contributed by atoms with Gasteiger partial charge in [-0.3, -0.25) is 0 Å². The standard InChI is InChI=1S/C8H11BrO2S/c1-12-5-6(4-10)7-2-3-8(9)11-7/h2-3,6,10H,4-5H2,1H3. The molecule has 0 aliphatic carbocycles. The normalized spacial score (nSPS) is 13.2. The van der Waals surface area contributed by atoms with Crippen molar-refractivity contribution in [2.45, 2.75) is 5.92 Å². The molecule has 0 aliphatic heterocycles. The van der Waals surface area contributed by atoms with Crippen molar-refractivity contribution >= 4 is 27.7 Å². The van der Waals surface area contributed by atoms with Crippen LogP contribution in [0.4, 0.5) is 0 Å². The lowest BCUT2D eigenvalue weighted by Crippen LogP contribution is -2.05. The highest BCUT2D eigenvalue weighted by Gasteiger charge is 2.13. The molecule has 12 heavy (non-hydrogen) atoms. The molecule has 0 bridgehead atoms. The zero-order valence-corrected chi connectivity index (χ0v) is 9.19. The fourth-order valence-corrected chi connectivity index (χ4v) is 1.96. The summed E-state index contributed by atoms with van der Waals surface area (Å²) in [5.41, 5.74) is 0. The first-order chi connectivity index (χ1) is 5.77. The van der Waals surface area contributed by atoms with Gasteiger partial charge in [-0.1, -0.05) is 0 Å². The van der Waals surface area contributed by atoms with Crippen molar-refractivity contribution in [1.29, 1.82) is 0 Å². The maximum absolute atomic E-state index is 9.03. The lowest BCUT2D eigenvalue weighted by molar-refractivity contribution is 0.258. The van der Waals surface area contributed by atoms with Crippen LogP contribution in [0.3, 0.4) is 0 Å². The molecule has 0 saturated carbocycles. The number of aliphatic hydroxyl groups is 1. The van der Waals surface area contributed by atoms with E-state index in [-0.39, 0.29) is 12.5 Å². The smallest absolute Gasteiger partial charge is 0.169 e. The number of rotatable bonds is 4. The van der Waals surface area contributed by atoms with Crippen LogP contribution in [0.2, 0.25) is 0 Å². The Morgan fingerprint density at radius 2 is 2.42 bits per heavy atom. The first kappa shape index (κ1) is 10.2. The molecule has 68 valence electrons. The molecule has 1 N–H and O–H groups in total. The third-order valence-corrected chi connectivity index (χ3v) is 2.75. The topological polar surface area (TPSA) is 33.4 Å². The molecule has 1 atom stereocenters. The molecular weight excluding hydrogens is 240 g/mol. The molecule has 1 unspecified atom stereocenters. The molecule has 1 rings (SSSR count). The Balaban J connectivity index is 2.66. The number of furan rings is 1. The lowest BCUT2D eigenvalue weighted by Gasteiger charge is -2.08. The van der Waals surface area contributed by atoms with E-state index in [4.69, 9.17) is 9.52 Å². The van der Waals surface area contributed by atoms with Gasteiger partial charge in [0.15, 0.2) is 4.67 Å². The van der Waals surface area contributed by atoms with Crippen LogP contribution in [0.1, 0.15) is 11.7 Å². The molecule has 1 aromatic heterocycles. The van der Waals surface area contributed by atoms with Gasteiger partial charge < -0.3 is 9.52 Å². The van der Waals surface area contributed by atoms with Gasteiger partial charge in [0, 0.05) is 11.7 Å². The Labute approximate surface area is 84.5 Å². The van der Waals surface area contributed by atoms with Gasteiger partial charge in [-0.15, -0.1) is 0 Å². The van der Waals surface area contributed by atoms with E-state index >= 15 is 0 Å². The quantitative estimate of drug-likeness (QED) is 0.892. The maximum Gasteiger partial charge on any atom is 0.169 e. The highest BCUT2D eigenvalue weighted by molar-refractivity contribution is 9.10. The summed E-state index contributed by atoms with van der Waals surface area (Å²) in [4.78, 5) is 0. The Morgan fingerprint density at radius 3 is 2.83 bits per heavy atom. The van der Waals surface area contributed by atoms with Gasteiger partial charge in [-0.05, 0) is 34.3 Å². The largest absolute Gasteiger partial charge is 0.454 e. The lowest BCUT2D eigenvalue weighted by atomic mass is 10.1. The van der Waals surface area contributed by atoms with Gasteiger partial charge >= 0.3 is 0 Å². The average molecular weight is 251 g/mol. The van der Waals surface area contributed by atoms with Gasteiger partial charge in [0.05, 0.1) is 6.61 Å². The second kappa shape index (κ2) is 4.94. The molecule has 0 aliphatic rings. The van der Waals surface area contributed by atoms with E-state index < -0.39 is 0 Å². The van der Waals surface area contributed by atoms with Crippen molar-refractivity contribution in [2.75, 3.05) is 18.6 Å². The predicted molar refractivity (Wildman–Crippen MR) is 54.6 cm³/mol. The zero-order chi connectivity index (χ0) is 8.97. The Morgan fingerprint density at radius 1 is 1.67 bits per heavy atom. The monoisotopic (exact) mass is 250 g/mol. The Kier molecular flexibility index (Phi) is 4.18. The van der Waals surface area contributed by atoms with Gasteiger partial charge in [0.1, 0.15) is 5.76 Å². The minimum Gasteiger partial charge on any atom is -0.454 e. The van der Waals surface area contributed by atoms with Gasteiger partial charge in [-0.25, -0.2) is 0 Å². The van der Waals surface area contributed by atoms with Crippen LogP contribution in [0.25, 0.3) is 0 Å². The number of halogens is 1. The van der Waals surface area contributed by atoms with Crippen molar-refractivity contribution < 1.29 is 9.52 Å². The minimum absolute atomic E-state index is 0.117. The van der Waals surface area contributed by atoms with Gasteiger partial charge in [0.25, 0.3) is 0 Å². The summed E-state index contributed by atoms with van der Waals surface area (Å²) >= 11 is 4.93. The summed E-state index contributed by atoms with van der Waals surface area (Å²) in [5, 5.41) is 9.03. The van der Waals surface area contributed by atoms with E-state index in [0.717, 1.165) is 16.2 Å². The van der Waals surface area contributed by atoms with Crippen molar-refractivity contribution in [3.05, 3.63) is 22.6 Å². The second-order valence-corrected chi connectivity index (χ2v) is 4.17. The first-order valence-corrected chi connectivity index (χ1v) is 5.81. The van der Waals surface area contributed by atoms with E-state index in [1.165, 1.54) is 0 Å². The van der Waals surface area contributed by atoms with Crippen LogP contribution in [-0.4, -0.2) is 23.7 Å². The maximum atomic E-state index is 9.03. The fourth-order valence-electron chi connectivity index (χ4n) is 0.974. The molecule has 0 radical (unpaired) electrons. The number of hydrogen-bond donors (Lipinski definition) is 1. The van der Waals surface area contributed by atoms with Gasteiger partial charge in [0.2, 0.25) is 0 Å². The summed E-state index contributed by atoms with van der Waals surface area (Å²) in [6, 6.07) is 3.74. The number of hydrogen-bond acceptors (Lipinski definition) is 3. The molecule has 4 heteroatoms. The number of aliphatic hydroxyl groups excluding tert-OH is 1. The molecule has 1 aromatic rings. The second-order valence-electron chi connectivity index (χ2n) is 2.48. The van der Waals surface area contributed by atoms with E-state index in [1.807, 2.05) is 18.4 Å². The number of thioether (sulfide) groups is 1. The van der Waals surface area contributed by atoms with Crippen LogP contribution in [0, 0.1) is 0 Å². The molecule has 0 spiro atoms. The third-order valence-electron chi connectivity index (χ3n) is 1.58. The van der Waals surface area contributed by atoms with E-state index in [9.17, 15) is 0 Å². The average Bonchev–Trinajstić information content (AvgIpc) is 2.47. The Bertz CT molecular complexity index is 237. The van der Waals surface area contributed by atoms with Crippen LogP contribution >= 0.6 is 27.7 Å². The molecule has 0 fully saturated rings. The zero-order valence-electron chi connectivity index (χ0n) is 6.79.